The lowest BCUT2D eigenvalue weighted by molar-refractivity contribution is -0.289. The van der Waals surface area contributed by atoms with Crippen LogP contribution in [0.1, 0.15) is 25.7 Å². The third-order valence-electron chi connectivity index (χ3n) is 3.12. The van der Waals surface area contributed by atoms with E-state index in [1.54, 1.807) is 0 Å². The number of halogens is 6. The van der Waals surface area contributed by atoms with Crippen molar-refractivity contribution in [2.75, 3.05) is 0 Å². The van der Waals surface area contributed by atoms with Gasteiger partial charge in [0.25, 0.3) is 12.1 Å². The Labute approximate surface area is 89.0 Å². The van der Waals surface area contributed by atoms with E-state index in [0.717, 1.165) is 0 Å². The van der Waals surface area contributed by atoms with Gasteiger partial charge in [0, 0.05) is 12.0 Å². The summed E-state index contributed by atoms with van der Waals surface area (Å²) in [6, 6.07) is -0.314. The van der Waals surface area contributed by atoms with Crippen LogP contribution >= 0.6 is 0 Å². The average molecular weight is 249 g/mol. The molecule has 0 heterocycles. The molecule has 0 amide bonds. The molecule has 1 unspecified atom stereocenters. The SMILES string of the molecule is NC1CCC(C(F)(C(F)F)C(F)(F)F)CC1. The molecule has 7 heteroatoms. The van der Waals surface area contributed by atoms with E-state index in [9.17, 15) is 26.3 Å². The second-order valence-electron chi connectivity index (χ2n) is 4.18. The standard InChI is InChI=1S/C9H13F6N/c10-7(11)8(12,9(13,14)15)5-1-3-6(16)4-2-5/h5-7H,1-4,16H2. The number of alkyl halides is 6. The van der Waals surface area contributed by atoms with Crippen LogP contribution in [0, 0.1) is 5.92 Å². The summed E-state index contributed by atoms with van der Waals surface area (Å²) in [5.74, 6) is -1.69. The highest BCUT2D eigenvalue weighted by Crippen LogP contribution is 2.48. The van der Waals surface area contributed by atoms with Crippen molar-refractivity contribution in [3.8, 4) is 0 Å². The van der Waals surface area contributed by atoms with Crippen molar-refractivity contribution in [3.05, 3.63) is 0 Å². The van der Waals surface area contributed by atoms with Gasteiger partial charge in [-0.15, -0.1) is 0 Å². The summed E-state index contributed by atoms with van der Waals surface area (Å²) in [7, 11) is 0. The summed E-state index contributed by atoms with van der Waals surface area (Å²) >= 11 is 0. The summed E-state index contributed by atoms with van der Waals surface area (Å²) in [4.78, 5) is 0. The summed E-state index contributed by atoms with van der Waals surface area (Å²) in [5, 5.41) is 0. The van der Waals surface area contributed by atoms with Gasteiger partial charge >= 0.3 is 6.18 Å². The van der Waals surface area contributed by atoms with Crippen LogP contribution in [-0.4, -0.2) is 24.3 Å². The molecule has 2 N–H and O–H groups in total. The minimum atomic E-state index is -5.53. The molecule has 1 nitrogen and oxygen atoms in total. The van der Waals surface area contributed by atoms with Crippen molar-refractivity contribution >= 4 is 0 Å². The van der Waals surface area contributed by atoms with E-state index < -0.39 is 24.2 Å². The maximum atomic E-state index is 13.5. The molecule has 0 aromatic heterocycles. The van der Waals surface area contributed by atoms with Gasteiger partial charge in [0.05, 0.1) is 0 Å². The van der Waals surface area contributed by atoms with Gasteiger partial charge in [-0.05, 0) is 25.7 Å². The molecule has 1 saturated carbocycles. The van der Waals surface area contributed by atoms with Crippen LogP contribution in [0.2, 0.25) is 0 Å². The lowest BCUT2D eigenvalue weighted by atomic mass is 9.76. The molecule has 1 aliphatic carbocycles. The Morgan fingerprint density at radius 2 is 1.38 bits per heavy atom. The molecule has 1 rings (SSSR count). The van der Waals surface area contributed by atoms with Crippen LogP contribution < -0.4 is 5.73 Å². The van der Waals surface area contributed by atoms with E-state index in [-0.39, 0.29) is 31.7 Å². The first kappa shape index (κ1) is 13.6. The number of nitrogens with two attached hydrogens (primary N) is 1. The Morgan fingerprint density at radius 3 is 1.69 bits per heavy atom. The molecule has 0 aliphatic heterocycles. The maximum Gasteiger partial charge on any atom is 0.428 e. The van der Waals surface area contributed by atoms with Crippen LogP contribution in [0.25, 0.3) is 0 Å². The molecule has 96 valence electrons. The van der Waals surface area contributed by atoms with Crippen molar-refractivity contribution in [2.45, 2.75) is 50.0 Å². The Kier molecular flexibility index (Phi) is 3.76. The number of hydrogen-bond acceptors (Lipinski definition) is 1. The zero-order valence-corrected chi connectivity index (χ0v) is 8.41. The Balaban J connectivity index is 2.86. The van der Waals surface area contributed by atoms with Gasteiger partial charge < -0.3 is 5.73 Å². The van der Waals surface area contributed by atoms with Crippen LogP contribution in [0.15, 0.2) is 0 Å². The van der Waals surface area contributed by atoms with Gasteiger partial charge in [0.15, 0.2) is 0 Å². The molecule has 0 radical (unpaired) electrons. The summed E-state index contributed by atoms with van der Waals surface area (Å²) in [5.41, 5.74) is 1.04. The highest BCUT2D eigenvalue weighted by atomic mass is 19.4. The molecule has 0 saturated heterocycles. The lowest BCUT2D eigenvalue weighted by Crippen LogP contribution is -2.54. The van der Waals surface area contributed by atoms with Crippen molar-refractivity contribution in [1.29, 1.82) is 0 Å². The van der Waals surface area contributed by atoms with Gasteiger partial charge in [0.1, 0.15) is 0 Å². The smallest absolute Gasteiger partial charge is 0.328 e. The van der Waals surface area contributed by atoms with Crippen molar-refractivity contribution < 1.29 is 26.3 Å². The van der Waals surface area contributed by atoms with Gasteiger partial charge in [-0.25, -0.2) is 13.2 Å². The van der Waals surface area contributed by atoms with Crippen LogP contribution in [-0.2, 0) is 0 Å². The number of rotatable bonds is 2. The average Bonchev–Trinajstić information content (AvgIpc) is 2.15. The molecular formula is C9H13F6N. The summed E-state index contributed by atoms with van der Waals surface area (Å²) in [6.07, 6.45) is -9.78. The minimum absolute atomic E-state index is 0.152. The molecule has 16 heavy (non-hydrogen) atoms. The second-order valence-corrected chi connectivity index (χ2v) is 4.18. The first-order valence-corrected chi connectivity index (χ1v) is 4.99. The molecular weight excluding hydrogens is 236 g/mol. The van der Waals surface area contributed by atoms with Gasteiger partial charge in [0.2, 0.25) is 0 Å². The third kappa shape index (κ3) is 2.28. The highest BCUT2D eigenvalue weighted by molar-refractivity contribution is 4.98. The van der Waals surface area contributed by atoms with Crippen molar-refractivity contribution in [3.63, 3.8) is 0 Å². The normalized spacial score (nSPS) is 31.5. The monoisotopic (exact) mass is 249 g/mol. The predicted octanol–water partition coefficient (Wildman–Crippen LogP) is 3.04. The third-order valence-corrected chi connectivity index (χ3v) is 3.12. The van der Waals surface area contributed by atoms with Crippen molar-refractivity contribution in [1.82, 2.24) is 0 Å². The van der Waals surface area contributed by atoms with E-state index in [1.165, 1.54) is 0 Å². The fourth-order valence-corrected chi connectivity index (χ4v) is 2.07. The Hall–Kier alpha value is -0.460. The molecule has 0 spiro atoms. The lowest BCUT2D eigenvalue weighted by Gasteiger charge is -2.38. The van der Waals surface area contributed by atoms with Gasteiger partial charge in [-0.2, -0.15) is 13.2 Å². The molecule has 0 aromatic carbocycles. The topological polar surface area (TPSA) is 26.0 Å². The van der Waals surface area contributed by atoms with Gasteiger partial charge in [-0.3, -0.25) is 0 Å². The fourth-order valence-electron chi connectivity index (χ4n) is 2.07. The van der Waals surface area contributed by atoms with Crippen molar-refractivity contribution in [2.24, 2.45) is 11.7 Å². The summed E-state index contributed by atoms with van der Waals surface area (Å²) < 4.78 is 75.2. The van der Waals surface area contributed by atoms with E-state index in [4.69, 9.17) is 5.73 Å². The highest BCUT2D eigenvalue weighted by Gasteiger charge is 2.66. The van der Waals surface area contributed by atoms with E-state index in [0.29, 0.717) is 0 Å². The Morgan fingerprint density at radius 1 is 0.938 bits per heavy atom. The van der Waals surface area contributed by atoms with Crippen LogP contribution in [0.5, 0.6) is 0 Å². The predicted molar refractivity (Wildman–Crippen MR) is 45.8 cm³/mol. The quantitative estimate of drug-likeness (QED) is 0.748. The Bertz CT molecular complexity index is 233. The van der Waals surface area contributed by atoms with Crippen LogP contribution in [0.3, 0.4) is 0 Å². The molecule has 1 atom stereocenters. The zero-order valence-electron chi connectivity index (χ0n) is 8.41. The molecule has 1 fully saturated rings. The first-order chi connectivity index (χ1) is 7.19. The van der Waals surface area contributed by atoms with Gasteiger partial charge in [-0.1, -0.05) is 0 Å². The first-order valence-electron chi connectivity index (χ1n) is 4.99. The number of hydrogen-bond donors (Lipinski definition) is 1. The zero-order chi connectivity index (χ0) is 12.6. The molecule has 0 aromatic rings. The summed E-state index contributed by atoms with van der Waals surface area (Å²) in [6.45, 7) is 0. The van der Waals surface area contributed by atoms with E-state index in [2.05, 4.69) is 0 Å². The maximum absolute atomic E-state index is 13.5. The fraction of sp³-hybridized carbons (Fsp3) is 1.00. The second kappa shape index (κ2) is 4.43. The minimum Gasteiger partial charge on any atom is -0.328 e. The molecule has 0 bridgehead atoms. The molecule has 1 aliphatic rings. The van der Waals surface area contributed by atoms with E-state index in [1.807, 2.05) is 0 Å². The van der Waals surface area contributed by atoms with Crippen LogP contribution in [0.4, 0.5) is 26.3 Å². The van der Waals surface area contributed by atoms with E-state index >= 15 is 0 Å². The largest absolute Gasteiger partial charge is 0.428 e.